The summed E-state index contributed by atoms with van der Waals surface area (Å²) >= 11 is 6.70. The second-order valence-electron chi connectivity index (χ2n) is 4.02. The molecule has 21 heavy (non-hydrogen) atoms. The Labute approximate surface area is 146 Å². The van der Waals surface area contributed by atoms with Crippen molar-refractivity contribution in [3.05, 3.63) is 31.8 Å². The molecule has 1 fully saturated rings. The molecule has 1 unspecified atom stereocenters. The van der Waals surface area contributed by atoms with E-state index in [0.29, 0.717) is 5.17 Å². The minimum atomic E-state index is -1.02. The van der Waals surface area contributed by atoms with E-state index in [1.165, 1.54) is 0 Å². The number of benzene rings is 1. The van der Waals surface area contributed by atoms with E-state index in [1.54, 1.807) is 6.21 Å². The van der Waals surface area contributed by atoms with Gasteiger partial charge in [0.25, 0.3) is 0 Å². The molecule has 1 atom stereocenters. The number of amidine groups is 1. The molecular formula is C12H9BrIN3O3S. The predicted molar refractivity (Wildman–Crippen MR) is 93.7 cm³/mol. The highest BCUT2D eigenvalue weighted by Crippen LogP contribution is 2.22. The third kappa shape index (κ3) is 4.78. The van der Waals surface area contributed by atoms with Crippen molar-refractivity contribution in [3.63, 3.8) is 0 Å². The van der Waals surface area contributed by atoms with Crippen molar-refractivity contribution in [2.75, 3.05) is 0 Å². The van der Waals surface area contributed by atoms with Gasteiger partial charge >= 0.3 is 5.97 Å². The van der Waals surface area contributed by atoms with Gasteiger partial charge in [-0.05, 0) is 56.2 Å². The van der Waals surface area contributed by atoms with Crippen LogP contribution < -0.4 is 5.32 Å². The summed E-state index contributed by atoms with van der Waals surface area (Å²) in [6.45, 7) is 0. The van der Waals surface area contributed by atoms with Crippen LogP contribution in [0.3, 0.4) is 0 Å². The van der Waals surface area contributed by atoms with Gasteiger partial charge in [0.2, 0.25) is 5.91 Å². The molecule has 1 aliphatic heterocycles. The van der Waals surface area contributed by atoms with Gasteiger partial charge in [-0.2, -0.15) is 5.10 Å². The van der Waals surface area contributed by atoms with E-state index < -0.39 is 11.2 Å². The SMILES string of the molecule is O=C(O)CC1SC(=NN=Cc2ccc(I)c(Br)c2)NC1=O. The summed E-state index contributed by atoms with van der Waals surface area (Å²) in [5.41, 5.74) is 0.864. The molecule has 2 rings (SSSR count). The van der Waals surface area contributed by atoms with Crippen molar-refractivity contribution in [2.45, 2.75) is 11.7 Å². The average Bonchev–Trinajstić information content (AvgIpc) is 2.73. The highest BCUT2D eigenvalue weighted by Gasteiger charge is 2.32. The van der Waals surface area contributed by atoms with Crippen LogP contribution in [0.4, 0.5) is 0 Å². The molecule has 1 heterocycles. The third-order valence-electron chi connectivity index (χ3n) is 2.44. The van der Waals surface area contributed by atoms with Crippen LogP contribution in [0.2, 0.25) is 0 Å². The maximum atomic E-state index is 11.5. The Balaban J connectivity index is 2.01. The van der Waals surface area contributed by atoms with Gasteiger partial charge in [-0.15, -0.1) is 5.10 Å². The van der Waals surface area contributed by atoms with E-state index >= 15 is 0 Å². The Morgan fingerprint density at radius 2 is 2.33 bits per heavy atom. The number of rotatable bonds is 4. The topological polar surface area (TPSA) is 91.1 Å². The van der Waals surface area contributed by atoms with Crippen molar-refractivity contribution < 1.29 is 14.7 Å². The zero-order chi connectivity index (χ0) is 15.4. The first-order chi connectivity index (χ1) is 9.95. The number of aliphatic carboxylic acids is 1. The number of carbonyl (C=O) groups is 2. The van der Waals surface area contributed by atoms with Gasteiger partial charge in [0.1, 0.15) is 5.25 Å². The molecule has 0 spiro atoms. The van der Waals surface area contributed by atoms with Crippen LogP contribution >= 0.6 is 50.3 Å². The molecule has 2 N–H and O–H groups in total. The second-order valence-corrected chi connectivity index (χ2v) is 7.22. The molecule has 1 saturated heterocycles. The Morgan fingerprint density at radius 3 is 3.00 bits per heavy atom. The molecule has 0 bridgehead atoms. The average molecular weight is 482 g/mol. The van der Waals surface area contributed by atoms with Crippen molar-refractivity contribution in [1.82, 2.24) is 5.32 Å². The van der Waals surface area contributed by atoms with Crippen LogP contribution in [0.1, 0.15) is 12.0 Å². The normalized spacial score (nSPS) is 20.2. The Morgan fingerprint density at radius 1 is 1.57 bits per heavy atom. The number of nitrogens with zero attached hydrogens (tertiary/aromatic N) is 2. The van der Waals surface area contributed by atoms with Gasteiger partial charge in [0.05, 0.1) is 12.6 Å². The van der Waals surface area contributed by atoms with E-state index in [-0.39, 0.29) is 12.3 Å². The van der Waals surface area contributed by atoms with Crippen LogP contribution in [0.15, 0.2) is 32.9 Å². The Hall–Kier alpha value is -0.940. The zero-order valence-corrected chi connectivity index (χ0v) is 15.0. The van der Waals surface area contributed by atoms with Gasteiger partial charge in [-0.25, -0.2) is 0 Å². The maximum absolute atomic E-state index is 11.5. The smallest absolute Gasteiger partial charge is 0.305 e. The molecule has 6 nitrogen and oxygen atoms in total. The summed E-state index contributed by atoms with van der Waals surface area (Å²) < 4.78 is 2.05. The predicted octanol–water partition coefficient (Wildman–Crippen LogP) is 2.45. The Kier molecular flexibility index (Phi) is 5.76. The number of nitrogens with one attached hydrogen (secondary N) is 1. The van der Waals surface area contributed by atoms with Crippen molar-refractivity contribution in [3.8, 4) is 0 Å². The number of halogens is 2. The van der Waals surface area contributed by atoms with Gasteiger partial charge in [0.15, 0.2) is 5.17 Å². The lowest BCUT2D eigenvalue weighted by molar-refractivity contribution is -0.138. The molecule has 0 aromatic heterocycles. The molecule has 1 amide bonds. The second kappa shape index (κ2) is 7.36. The number of carbonyl (C=O) groups excluding carboxylic acids is 1. The first-order valence-electron chi connectivity index (χ1n) is 5.71. The van der Waals surface area contributed by atoms with Gasteiger partial charge in [0, 0.05) is 8.04 Å². The molecular weight excluding hydrogens is 473 g/mol. The number of amides is 1. The molecule has 9 heteroatoms. The number of carboxylic acids is 1. The highest BCUT2D eigenvalue weighted by molar-refractivity contribution is 14.1. The molecule has 0 radical (unpaired) electrons. The summed E-state index contributed by atoms with van der Waals surface area (Å²) in [5.74, 6) is -1.37. The highest BCUT2D eigenvalue weighted by atomic mass is 127. The first kappa shape index (κ1) is 16.4. The summed E-state index contributed by atoms with van der Waals surface area (Å²) in [6, 6.07) is 5.73. The minimum Gasteiger partial charge on any atom is -0.481 e. The lowest BCUT2D eigenvalue weighted by Gasteiger charge is -1.98. The summed E-state index contributed by atoms with van der Waals surface area (Å²) in [6.07, 6.45) is 1.33. The molecule has 110 valence electrons. The van der Waals surface area contributed by atoms with Gasteiger partial charge in [-0.1, -0.05) is 17.8 Å². The van der Waals surface area contributed by atoms with E-state index in [0.717, 1.165) is 25.4 Å². The fourth-order valence-electron chi connectivity index (χ4n) is 1.49. The van der Waals surface area contributed by atoms with E-state index in [9.17, 15) is 9.59 Å². The number of carboxylic acid groups (broad SMARTS) is 1. The molecule has 1 aromatic rings. The lowest BCUT2D eigenvalue weighted by Crippen LogP contribution is -2.26. The summed E-state index contributed by atoms with van der Waals surface area (Å²) in [4.78, 5) is 22.1. The van der Waals surface area contributed by atoms with Crippen molar-refractivity contribution >= 4 is 73.5 Å². The van der Waals surface area contributed by atoms with Gasteiger partial charge < -0.3 is 10.4 Å². The van der Waals surface area contributed by atoms with E-state index in [4.69, 9.17) is 5.11 Å². The van der Waals surface area contributed by atoms with Crippen LogP contribution in [0, 0.1) is 3.57 Å². The van der Waals surface area contributed by atoms with Crippen LogP contribution in [0.5, 0.6) is 0 Å². The van der Waals surface area contributed by atoms with Gasteiger partial charge in [-0.3, -0.25) is 9.59 Å². The van der Waals surface area contributed by atoms with Crippen LogP contribution in [0.25, 0.3) is 0 Å². The largest absolute Gasteiger partial charge is 0.481 e. The third-order valence-corrected chi connectivity index (χ3v) is 5.85. The number of hydrogen-bond acceptors (Lipinski definition) is 5. The van der Waals surface area contributed by atoms with Crippen molar-refractivity contribution in [2.24, 2.45) is 10.2 Å². The van der Waals surface area contributed by atoms with Crippen LogP contribution in [-0.2, 0) is 9.59 Å². The molecule has 1 aliphatic rings. The standard InChI is InChI=1S/C12H9BrIN3O3S/c13-7-3-6(1-2-8(7)14)5-15-17-12-16-11(20)9(21-12)4-10(18)19/h1-3,5,9H,4H2,(H,18,19)(H,16,17,20). The first-order valence-corrected chi connectivity index (χ1v) is 8.46. The maximum Gasteiger partial charge on any atom is 0.305 e. The van der Waals surface area contributed by atoms with Crippen LogP contribution in [-0.4, -0.2) is 33.6 Å². The molecule has 0 aliphatic carbocycles. The van der Waals surface area contributed by atoms with E-state index in [2.05, 4.69) is 54.0 Å². The molecule has 1 aromatic carbocycles. The zero-order valence-electron chi connectivity index (χ0n) is 10.4. The van der Waals surface area contributed by atoms with Crippen molar-refractivity contribution in [1.29, 1.82) is 0 Å². The quantitative estimate of drug-likeness (QED) is 0.392. The van der Waals surface area contributed by atoms with E-state index in [1.807, 2.05) is 18.2 Å². The minimum absolute atomic E-state index is 0.233. The monoisotopic (exact) mass is 481 g/mol. The lowest BCUT2D eigenvalue weighted by atomic mass is 10.2. The summed E-state index contributed by atoms with van der Waals surface area (Å²) in [7, 11) is 0. The fraction of sp³-hybridized carbons (Fsp3) is 0.167. The molecule has 0 saturated carbocycles. The Bertz CT molecular complexity index is 651. The summed E-state index contributed by atoms with van der Waals surface area (Å²) in [5, 5.41) is 18.6. The number of hydrogen-bond donors (Lipinski definition) is 2. The number of thioether (sulfide) groups is 1. The fourth-order valence-corrected chi connectivity index (χ4v) is 3.13.